The van der Waals surface area contributed by atoms with Gasteiger partial charge in [-0.3, -0.25) is 9.78 Å². The van der Waals surface area contributed by atoms with Crippen LogP contribution >= 0.6 is 0 Å². The van der Waals surface area contributed by atoms with Crippen LogP contribution in [0.4, 0.5) is 5.69 Å². The fraction of sp³-hybridized carbons (Fsp3) is 0. The Morgan fingerprint density at radius 1 is 0.909 bits per heavy atom. The van der Waals surface area contributed by atoms with Crippen LogP contribution in [0.1, 0.15) is 21.7 Å². The number of amides is 1. The maximum absolute atomic E-state index is 13.3. The third-order valence-electron chi connectivity index (χ3n) is 5.14. The Morgan fingerprint density at radius 3 is 2.39 bits per heavy atom. The van der Waals surface area contributed by atoms with E-state index in [1.54, 1.807) is 48.8 Å². The molecule has 0 saturated heterocycles. The zero-order valence-electron chi connectivity index (χ0n) is 17.3. The molecule has 2 aromatic heterocycles. The molecule has 7 heteroatoms. The van der Waals surface area contributed by atoms with Gasteiger partial charge in [0.15, 0.2) is 0 Å². The maximum Gasteiger partial charge on any atom is 0.335 e. The van der Waals surface area contributed by atoms with Crippen LogP contribution in [0, 0.1) is 0 Å². The lowest BCUT2D eigenvalue weighted by Gasteiger charge is -2.10. The summed E-state index contributed by atoms with van der Waals surface area (Å²) in [6.45, 7) is 0. The van der Waals surface area contributed by atoms with E-state index in [1.807, 2.05) is 36.4 Å². The highest BCUT2D eigenvalue weighted by molar-refractivity contribution is 6.37. The number of rotatable bonds is 5. The van der Waals surface area contributed by atoms with Crippen LogP contribution in [0.2, 0.25) is 0 Å². The fourth-order valence-electron chi connectivity index (χ4n) is 3.51. The summed E-state index contributed by atoms with van der Waals surface area (Å²) >= 11 is 0. The molecule has 160 valence electrons. The summed E-state index contributed by atoms with van der Waals surface area (Å²) < 4.78 is 5.94. The second-order valence-corrected chi connectivity index (χ2v) is 7.29. The lowest BCUT2D eigenvalue weighted by Crippen LogP contribution is -2.21. The van der Waals surface area contributed by atoms with Gasteiger partial charge in [-0.25, -0.2) is 4.79 Å². The van der Waals surface area contributed by atoms with Crippen molar-refractivity contribution in [2.24, 2.45) is 5.10 Å². The van der Waals surface area contributed by atoms with E-state index in [-0.39, 0.29) is 11.5 Å². The largest absolute Gasteiger partial charge is 0.478 e. The molecule has 7 nitrogen and oxygen atoms in total. The molecule has 1 amide bonds. The molecule has 2 aromatic carbocycles. The van der Waals surface area contributed by atoms with Crippen LogP contribution in [0.15, 0.2) is 106 Å². The minimum Gasteiger partial charge on any atom is -0.478 e. The first kappa shape index (κ1) is 20.1. The molecule has 0 bridgehead atoms. The molecule has 0 aliphatic carbocycles. The van der Waals surface area contributed by atoms with Gasteiger partial charge in [-0.2, -0.15) is 10.1 Å². The molecule has 1 aliphatic rings. The van der Waals surface area contributed by atoms with Crippen LogP contribution in [0.25, 0.3) is 17.4 Å². The van der Waals surface area contributed by atoms with Gasteiger partial charge in [-0.05, 0) is 54.6 Å². The number of hydrogen-bond acceptors (Lipinski definition) is 5. The van der Waals surface area contributed by atoms with E-state index in [0.29, 0.717) is 34.1 Å². The van der Waals surface area contributed by atoms with E-state index in [0.717, 1.165) is 5.56 Å². The van der Waals surface area contributed by atoms with Gasteiger partial charge in [-0.1, -0.05) is 30.3 Å². The number of anilines is 1. The van der Waals surface area contributed by atoms with Gasteiger partial charge >= 0.3 is 5.97 Å². The van der Waals surface area contributed by atoms with Crippen molar-refractivity contribution < 1.29 is 19.1 Å². The van der Waals surface area contributed by atoms with Crippen molar-refractivity contribution in [1.29, 1.82) is 0 Å². The maximum atomic E-state index is 13.3. The molecule has 1 aliphatic heterocycles. The summed E-state index contributed by atoms with van der Waals surface area (Å²) in [5.41, 5.74) is 3.18. The predicted molar refractivity (Wildman–Crippen MR) is 124 cm³/mol. The number of carbonyl (C=O) groups excluding carboxylic acids is 1. The van der Waals surface area contributed by atoms with Crippen molar-refractivity contribution >= 4 is 29.4 Å². The third-order valence-corrected chi connectivity index (χ3v) is 5.14. The highest BCUT2D eigenvalue weighted by atomic mass is 16.4. The zero-order chi connectivity index (χ0) is 22.8. The molecule has 5 rings (SSSR count). The quantitative estimate of drug-likeness (QED) is 0.451. The number of aromatic nitrogens is 1. The number of aromatic carboxylic acids is 1. The number of nitrogens with zero attached hydrogens (tertiary/aromatic N) is 3. The van der Waals surface area contributed by atoms with Crippen LogP contribution in [0.5, 0.6) is 0 Å². The number of hydrazone groups is 1. The highest BCUT2D eigenvalue weighted by Crippen LogP contribution is 2.29. The summed E-state index contributed by atoms with van der Waals surface area (Å²) in [5.74, 6) is -0.230. The van der Waals surface area contributed by atoms with Gasteiger partial charge in [0.2, 0.25) is 0 Å². The summed E-state index contributed by atoms with van der Waals surface area (Å²) in [6.07, 6.45) is 4.98. The number of para-hydroxylation sites is 1. The Hall–Kier alpha value is -4.78. The number of hydrogen-bond donors (Lipinski definition) is 1. The number of pyridine rings is 1. The average molecular weight is 435 g/mol. The van der Waals surface area contributed by atoms with Crippen molar-refractivity contribution in [1.82, 2.24) is 4.98 Å². The zero-order valence-corrected chi connectivity index (χ0v) is 17.3. The topological polar surface area (TPSA) is 96.0 Å². The molecule has 1 N–H and O–H groups in total. The molecule has 33 heavy (non-hydrogen) atoms. The first-order valence-electron chi connectivity index (χ1n) is 10.1. The lowest BCUT2D eigenvalue weighted by molar-refractivity contribution is -0.114. The van der Waals surface area contributed by atoms with Gasteiger partial charge in [0, 0.05) is 23.5 Å². The number of furan rings is 1. The second-order valence-electron chi connectivity index (χ2n) is 7.29. The Bertz CT molecular complexity index is 1390. The molecule has 0 atom stereocenters. The van der Waals surface area contributed by atoms with Crippen LogP contribution < -0.4 is 5.01 Å². The fourth-order valence-corrected chi connectivity index (χ4v) is 3.51. The van der Waals surface area contributed by atoms with Crippen LogP contribution in [-0.2, 0) is 4.79 Å². The van der Waals surface area contributed by atoms with Gasteiger partial charge in [-0.15, -0.1) is 0 Å². The van der Waals surface area contributed by atoms with E-state index in [4.69, 9.17) is 9.52 Å². The van der Waals surface area contributed by atoms with Crippen molar-refractivity contribution in [3.8, 4) is 11.3 Å². The molecule has 0 spiro atoms. The monoisotopic (exact) mass is 435 g/mol. The van der Waals surface area contributed by atoms with E-state index in [2.05, 4.69) is 10.1 Å². The van der Waals surface area contributed by atoms with Crippen molar-refractivity contribution in [2.45, 2.75) is 0 Å². The van der Waals surface area contributed by atoms with Crippen molar-refractivity contribution in [3.05, 3.63) is 114 Å². The van der Waals surface area contributed by atoms with E-state index < -0.39 is 5.97 Å². The summed E-state index contributed by atoms with van der Waals surface area (Å²) in [7, 11) is 0. The number of carbonyl (C=O) groups is 2. The van der Waals surface area contributed by atoms with Crippen LogP contribution in [0.3, 0.4) is 0 Å². The van der Waals surface area contributed by atoms with Gasteiger partial charge < -0.3 is 9.52 Å². The molecule has 4 aromatic rings. The summed E-state index contributed by atoms with van der Waals surface area (Å²) in [5, 5.41) is 15.0. The van der Waals surface area contributed by atoms with Crippen molar-refractivity contribution in [2.75, 3.05) is 5.01 Å². The molecule has 3 heterocycles. The number of carboxylic acids is 1. The Labute approximate surface area is 188 Å². The molecule has 0 unspecified atom stereocenters. The van der Waals surface area contributed by atoms with Gasteiger partial charge in [0.1, 0.15) is 17.2 Å². The van der Waals surface area contributed by atoms with E-state index in [9.17, 15) is 9.59 Å². The van der Waals surface area contributed by atoms with Crippen LogP contribution in [-0.4, -0.2) is 27.7 Å². The molecule has 0 saturated carbocycles. The summed E-state index contributed by atoms with van der Waals surface area (Å²) in [4.78, 5) is 28.5. The Morgan fingerprint density at radius 2 is 1.70 bits per heavy atom. The predicted octanol–water partition coefficient (Wildman–Crippen LogP) is 4.87. The average Bonchev–Trinajstić information content (AvgIpc) is 3.45. The highest BCUT2D eigenvalue weighted by Gasteiger charge is 2.32. The Kier molecular flexibility index (Phi) is 5.12. The minimum atomic E-state index is -0.989. The standard InChI is InChI=1S/C26H17N3O4/c30-25-22(15-21-12-13-23(33-21)17-8-10-18(11-9-17)26(31)32)24(19-5-4-14-27-16-19)28-29(25)20-6-2-1-3-7-20/h1-16H,(H,31,32). The van der Waals surface area contributed by atoms with E-state index >= 15 is 0 Å². The first-order valence-corrected chi connectivity index (χ1v) is 10.1. The first-order chi connectivity index (χ1) is 16.1. The van der Waals surface area contributed by atoms with Gasteiger partial charge in [0.05, 0.1) is 16.8 Å². The van der Waals surface area contributed by atoms with Crippen molar-refractivity contribution in [3.63, 3.8) is 0 Å². The van der Waals surface area contributed by atoms with Gasteiger partial charge in [0.25, 0.3) is 5.91 Å². The SMILES string of the molecule is O=C(O)c1ccc(-c2ccc(C=C3C(=O)N(c4ccccc4)N=C3c3cccnc3)o2)cc1. The molecule has 0 radical (unpaired) electrons. The summed E-state index contributed by atoms with van der Waals surface area (Å²) in [6, 6.07) is 22.8. The molecular formula is C26H17N3O4. The third kappa shape index (κ3) is 3.95. The normalized spacial score (nSPS) is 14.5. The minimum absolute atomic E-state index is 0.197. The lowest BCUT2D eigenvalue weighted by atomic mass is 10.0. The second kappa shape index (κ2) is 8.39. The molecule has 0 fully saturated rings. The number of benzene rings is 2. The smallest absolute Gasteiger partial charge is 0.335 e. The molecular weight excluding hydrogens is 418 g/mol. The number of carboxylic acid groups (broad SMARTS) is 1. The Balaban J connectivity index is 1.52. The van der Waals surface area contributed by atoms with E-state index in [1.165, 1.54) is 17.1 Å².